The van der Waals surface area contributed by atoms with Crippen molar-refractivity contribution >= 4 is 33.0 Å². The van der Waals surface area contributed by atoms with Crippen LogP contribution in [0.3, 0.4) is 0 Å². The minimum Gasteiger partial charge on any atom is -0.322 e. The molecule has 0 aliphatic carbocycles. The first-order valence-electron chi connectivity index (χ1n) is 6.20. The van der Waals surface area contributed by atoms with Crippen molar-refractivity contribution in [2.75, 3.05) is 19.4 Å². The molecule has 0 saturated heterocycles. The summed E-state index contributed by atoms with van der Waals surface area (Å²) in [6.45, 7) is 1.93. The lowest BCUT2D eigenvalue weighted by molar-refractivity contribution is 0.102. The Morgan fingerprint density at radius 1 is 1.19 bits per heavy atom. The molecule has 5 nitrogen and oxygen atoms in total. The average molecular weight is 324 g/mol. The Morgan fingerprint density at radius 2 is 1.81 bits per heavy atom. The first-order valence-corrected chi connectivity index (χ1v) is 8.52. The number of rotatable bonds is 4. The van der Waals surface area contributed by atoms with E-state index in [-0.39, 0.29) is 10.8 Å². The number of hydrogen-bond donors (Lipinski definition) is 1. The molecule has 1 heterocycles. The van der Waals surface area contributed by atoms with E-state index in [2.05, 4.69) is 5.32 Å². The third-order valence-corrected chi connectivity index (χ3v) is 5.57. The molecule has 0 aliphatic rings. The van der Waals surface area contributed by atoms with Crippen LogP contribution in [-0.2, 0) is 10.0 Å². The van der Waals surface area contributed by atoms with Gasteiger partial charge in [-0.3, -0.25) is 4.79 Å². The Morgan fingerprint density at radius 3 is 2.29 bits per heavy atom. The van der Waals surface area contributed by atoms with Crippen molar-refractivity contribution in [2.45, 2.75) is 11.8 Å². The quantitative estimate of drug-likeness (QED) is 0.940. The van der Waals surface area contributed by atoms with Crippen molar-refractivity contribution in [2.24, 2.45) is 0 Å². The van der Waals surface area contributed by atoms with Crippen LogP contribution in [0.5, 0.6) is 0 Å². The summed E-state index contributed by atoms with van der Waals surface area (Å²) in [7, 11) is -0.496. The van der Waals surface area contributed by atoms with Gasteiger partial charge >= 0.3 is 0 Å². The van der Waals surface area contributed by atoms with Gasteiger partial charge in [0.2, 0.25) is 10.0 Å². The Kier molecular flexibility index (Phi) is 4.46. The number of benzene rings is 1. The Balaban J connectivity index is 2.15. The van der Waals surface area contributed by atoms with Gasteiger partial charge in [-0.05, 0) is 37.3 Å². The van der Waals surface area contributed by atoms with E-state index in [0.29, 0.717) is 11.3 Å². The van der Waals surface area contributed by atoms with E-state index in [1.807, 2.05) is 13.0 Å². The molecule has 1 amide bonds. The molecular formula is C14H16N2O3S2. The summed E-state index contributed by atoms with van der Waals surface area (Å²) in [6, 6.07) is 7.92. The number of anilines is 1. The van der Waals surface area contributed by atoms with Gasteiger partial charge in [0.1, 0.15) is 0 Å². The van der Waals surface area contributed by atoms with E-state index >= 15 is 0 Å². The molecule has 0 atom stereocenters. The Hall–Kier alpha value is -1.70. The molecule has 7 heteroatoms. The van der Waals surface area contributed by atoms with Gasteiger partial charge in [0.05, 0.1) is 10.5 Å². The lowest BCUT2D eigenvalue weighted by Crippen LogP contribution is -2.22. The van der Waals surface area contributed by atoms with Gasteiger partial charge in [-0.25, -0.2) is 12.7 Å². The van der Waals surface area contributed by atoms with Crippen molar-refractivity contribution in [3.63, 3.8) is 0 Å². The van der Waals surface area contributed by atoms with Crippen LogP contribution in [0.2, 0.25) is 0 Å². The van der Waals surface area contributed by atoms with E-state index in [9.17, 15) is 13.2 Å². The zero-order chi connectivity index (χ0) is 15.6. The van der Waals surface area contributed by atoms with Crippen molar-refractivity contribution < 1.29 is 13.2 Å². The second-order valence-corrected chi connectivity index (χ2v) is 7.98. The summed E-state index contributed by atoms with van der Waals surface area (Å²) >= 11 is 1.51. The minimum absolute atomic E-state index is 0.192. The molecule has 21 heavy (non-hydrogen) atoms. The van der Waals surface area contributed by atoms with Crippen LogP contribution in [0, 0.1) is 6.92 Å². The molecule has 1 aromatic carbocycles. The molecule has 0 fully saturated rings. The molecule has 0 saturated carbocycles. The number of carbonyl (C=O) groups excluding carboxylic acids is 1. The summed E-state index contributed by atoms with van der Waals surface area (Å²) in [5, 5.41) is 4.53. The molecule has 1 aromatic heterocycles. The molecule has 112 valence electrons. The van der Waals surface area contributed by atoms with Gasteiger partial charge < -0.3 is 5.32 Å². The Bertz CT molecular complexity index is 747. The first-order chi connectivity index (χ1) is 9.80. The molecule has 0 bridgehead atoms. The molecule has 0 unspecified atom stereocenters. The van der Waals surface area contributed by atoms with Crippen LogP contribution < -0.4 is 5.32 Å². The maximum Gasteiger partial charge on any atom is 0.256 e. The smallest absolute Gasteiger partial charge is 0.256 e. The van der Waals surface area contributed by atoms with Crippen LogP contribution in [0.1, 0.15) is 15.2 Å². The minimum atomic E-state index is -3.45. The highest BCUT2D eigenvalue weighted by Gasteiger charge is 2.17. The van der Waals surface area contributed by atoms with Crippen molar-refractivity contribution in [3.8, 4) is 0 Å². The van der Waals surface area contributed by atoms with Crippen LogP contribution in [-0.4, -0.2) is 32.7 Å². The number of sulfonamides is 1. The second kappa shape index (κ2) is 5.97. The highest BCUT2D eigenvalue weighted by molar-refractivity contribution is 7.89. The number of aryl methyl sites for hydroxylation is 1. The summed E-state index contributed by atoms with van der Waals surface area (Å²) in [5.41, 5.74) is 1.16. The molecule has 0 radical (unpaired) electrons. The highest BCUT2D eigenvalue weighted by atomic mass is 32.2. The standard InChI is InChI=1S/C14H16N2O3S2/c1-10-8-11(9-20-10)14(17)15-12-4-6-13(7-5-12)21(18,19)16(2)3/h4-9H,1-3H3,(H,15,17). The van der Waals surface area contributed by atoms with Gasteiger partial charge in [0, 0.05) is 30.0 Å². The number of amides is 1. The van der Waals surface area contributed by atoms with Gasteiger partial charge in [0.15, 0.2) is 0 Å². The van der Waals surface area contributed by atoms with Gasteiger partial charge in [-0.15, -0.1) is 11.3 Å². The van der Waals surface area contributed by atoms with Crippen molar-refractivity contribution in [1.29, 1.82) is 0 Å². The number of thiophene rings is 1. The van der Waals surface area contributed by atoms with Gasteiger partial charge in [0.25, 0.3) is 5.91 Å². The van der Waals surface area contributed by atoms with Crippen LogP contribution in [0.25, 0.3) is 0 Å². The molecule has 1 N–H and O–H groups in total. The molecular weight excluding hydrogens is 308 g/mol. The third-order valence-electron chi connectivity index (χ3n) is 2.88. The summed E-state index contributed by atoms with van der Waals surface area (Å²) in [5.74, 6) is -0.206. The number of carbonyl (C=O) groups is 1. The van der Waals surface area contributed by atoms with E-state index in [1.54, 1.807) is 17.5 Å². The SMILES string of the molecule is Cc1cc(C(=O)Nc2ccc(S(=O)(=O)N(C)C)cc2)cs1. The molecule has 2 aromatic rings. The normalized spacial score (nSPS) is 11.6. The maximum absolute atomic E-state index is 12.0. The third kappa shape index (κ3) is 3.49. The molecule has 2 rings (SSSR count). The predicted molar refractivity (Wildman–Crippen MR) is 84.3 cm³/mol. The molecule has 0 aliphatic heterocycles. The predicted octanol–water partition coefficient (Wildman–Crippen LogP) is 2.56. The fourth-order valence-corrected chi connectivity index (χ4v) is 3.27. The van der Waals surface area contributed by atoms with Crippen molar-refractivity contribution in [3.05, 3.63) is 46.2 Å². The average Bonchev–Trinajstić information content (AvgIpc) is 2.86. The maximum atomic E-state index is 12.0. The van der Waals surface area contributed by atoms with Crippen molar-refractivity contribution in [1.82, 2.24) is 4.31 Å². The lowest BCUT2D eigenvalue weighted by Gasteiger charge is -2.11. The zero-order valence-corrected chi connectivity index (χ0v) is 13.6. The fraction of sp³-hybridized carbons (Fsp3) is 0.214. The van der Waals surface area contributed by atoms with Gasteiger partial charge in [-0.1, -0.05) is 0 Å². The van der Waals surface area contributed by atoms with E-state index in [4.69, 9.17) is 0 Å². The zero-order valence-electron chi connectivity index (χ0n) is 12.0. The number of nitrogens with zero attached hydrogens (tertiary/aromatic N) is 1. The first kappa shape index (κ1) is 15.7. The van der Waals surface area contributed by atoms with E-state index in [1.165, 1.54) is 37.6 Å². The largest absolute Gasteiger partial charge is 0.322 e. The monoisotopic (exact) mass is 324 g/mol. The summed E-state index contributed by atoms with van der Waals surface area (Å²) in [4.78, 5) is 13.2. The van der Waals surface area contributed by atoms with E-state index < -0.39 is 10.0 Å². The van der Waals surface area contributed by atoms with Crippen LogP contribution in [0.15, 0.2) is 40.6 Å². The van der Waals surface area contributed by atoms with Gasteiger partial charge in [-0.2, -0.15) is 0 Å². The summed E-state index contributed by atoms with van der Waals surface area (Å²) < 4.78 is 25.0. The fourth-order valence-electron chi connectivity index (χ4n) is 1.69. The van der Waals surface area contributed by atoms with Crippen LogP contribution >= 0.6 is 11.3 Å². The number of hydrogen-bond acceptors (Lipinski definition) is 4. The molecule has 0 spiro atoms. The van der Waals surface area contributed by atoms with Crippen LogP contribution in [0.4, 0.5) is 5.69 Å². The topological polar surface area (TPSA) is 66.5 Å². The number of nitrogens with one attached hydrogen (secondary N) is 1. The Labute approximate surface area is 128 Å². The summed E-state index contributed by atoms with van der Waals surface area (Å²) in [6.07, 6.45) is 0. The highest BCUT2D eigenvalue weighted by Crippen LogP contribution is 2.18. The van der Waals surface area contributed by atoms with E-state index in [0.717, 1.165) is 9.18 Å². The lowest BCUT2D eigenvalue weighted by atomic mass is 10.2. The second-order valence-electron chi connectivity index (χ2n) is 4.71.